The SMILES string of the molecule is CCCc1occc1C(=O)N[C@@H](C)C(=O)N1CCS(=O)(=O)CC1. The summed E-state index contributed by atoms with van der Waals surface area (Å²) < 4.78 is 28.1. The molecule has 1 saturated heterocycles. The van der Waals surface area contributed by atoms with E-state index in [9.17, 15) is 18.0 Å². The summed E-state index contributed by atoms with van der Waals surface area (Å²) in [5, 5.41) is 2.66. The minimum atomic E-state index is -3.04. The molecule has 8 heteroatoms. The maximum absolute atomic E-state index is 12.3. The summed E-state index contributed by atoms with van der Waals surface area (Å²) in [4.78, 5) is 26.1. The van der Waals surface area contributed by atoms with Crippen LogP contribution in [0.15, 0.2) is 16.7 Å². The van der Waals surface area contributed by atoms with E-state index in [1.54, 1.807) is 13.0 Å². The van der Waals surface area contributed by atoms with Gasteiger partial charge in [-0.15, -0.1) is 0 Å². The maximum Gasteiger partial charge on any atom is 0.255 e. The van der Waals surface area contributed by atoms with Crippen LogP contribution in [0.2, 0.25) is 0 Å². The number of aryl methyl sites for hydroxylation is 1. The number of carbonyl (C=O) groups excluding carboxylic acids is 2. The molecule has 0 aliphatic carbocycles. The fourth-order valence-electron chi connectivity index (χ4n) is 2.51. The van der Waals surface area contributed by atoms with E-state index in [1.807, 2.05) is 6.92 Å². The molecule has 1 aromatic rings. The molecule has 1 atom stereocenters. The zero-order chi connectivity index (χ0) is 17.0. The van der Waals surface area contributed by atoms with Crippen LogP contribution in [0.1, 0.15) is 36.4 Å². The summed E-state index contributed by atoms with van der Waals surface area (Å²) in [5.41, 5.74) is 0.438. The van der Waals surface area contributed by atoms with Crippen LogP contribution in [-0.2, 0) is 21.1 Å². The van der Waals surface area contributed by atoms with Gasteiger partial charge < -0.3 is 14.6 Å². The largest absolute Gasteiger partial charge is 0.469 e. The molecule has 7 nitrogen and oxygen atoms in total. The number of rotatable bonds is 5. The Morgan fingerprint density at radius 3 is 2.61 bits per heavy atom. The summed E-state index contributed by atoms with van der Waals surface area (Å²) in [6.07, 6.45) is 2.97. The molecule has 1 aliphatic rings. The van der Waals surface area contributed by atoms with E-state index < -0.39 is 15.9 Å². The van der Waals surface area contributed by atoms with Gasteiger partial charge in [0.2, 0.25) is 5.91 Å². The summed E-state index contributed by atoms with van der Waals surface area (Å²) in [6.45, 7) is 3.94. The lowest BCUT2D eigenvalue weighted by atomic mass is 10.1. The molecule has 128 valence electrons. The molecule has 0 bridgehead atoms. The lowest BCUT2D eigenvalue weighted by molar-refractivity contribution is -0.132. The highest BCUT2D eigenvalue weighted by atomic mass is 32.2. The standard InChI is InChI=1S/C15H22N2O5S/c1-3-4-13-12(5-8-22-13)14(18)16-11(2)15(19)17-6-9-23(20,21)10-7-17/h5,8,11H,3-4,6-7,9-10H2,1-2H3,(H,16,18)/t11-/m0/s1. The van der Waals surface area contributed by atoms with Crippen LogP contribution in [-0.4, -0.2) is 55.8 Å². The second-order valence-electron chi connectivity index (χ2n) is 5.68. The van der Waals surface area contributed by atoms with Gasteiger partial charge in [-0.1, -0.05) is 6.92 Å². The molecule has 0 spiro atoms. The van der Waals surface area contributed by atoms with Crippen LogP contribution in [0, 0.1) is 0 Å². The smallest absolute Gasteiger partial charge is 0.255 e. The van der Waals surface area contributed by atoms with Crippen LogP contribution in [0.4, 0.5) is 0 Å². The highest BCUT2D eigenvalue weighted by Gasteiger charge is 2.29. The second-order valence-corrected chi connectivity index (χ2v) is 7.98. The van der Waals surface area contributed by atoms with Crippen LogP contribution in [0.25, 0.3) is 0 Å². The monoisotopic (exact) mass is 342 g/mol. The normalized spacial score (nSPS) is 18.4. The fourth-order valence-corrected chi connectivity index (χ4v) is 3.71. The van der Waals surface area contributed by atoms with Gasteiger partial charge in [0, 0.05) is 19.5 Å². The first-order chi connectivity index (χ1) is 10.8. The third kappa shape index (κ3) is 4.34. The van der Waals surface area contributed by atoms with Gasteiger partial charge >= 0.3 is 0 Å². The number of carbonyl (C=O) groups is 2. The zero-order valence-electron chi connectivity index (χ0n) is 13.4. The van der Waals surface area contributed by atoms with Crippen LogP contribution < -0.4 is 5.32 Å². The van der Waals surface area contributed by atoms with Gasteiger partial charge in [0.15, 0.2) is 9.84 Å². The van der Waals surface area contributed by atoms with Gasteiger partial charge in [0.25, 0.3) is 5.91 Å². The number of sulfone groups is 1. The molecule has 2 amide bonds. The van der Waals surface area contributed by atoms with Gasteiger partial charge in [0.1, 0.15) is 11.8 Å². The van der Waals surface area contributed by atoms with E-state index >= 15 is 0 Å². The Hall–Kier alpha value is -1.83. The number of nitrogens with one attached hydrogen (secondary N) is 1. The first-order valence-electron chi connectivity index (χ1n) is 7.70. The Balaban J connectivity index is 1.95. The van der Waals surface area contributed by atoms with Gasteiger partial charge in [-0.2, -0.15) is 0 Å². The van der Waals surface area contributed by atoms with E-state index in [4.69, 9.17) is 4.42 Å². The number of hydrogen-bond donors (Lipinski definition) is 1. The van der Waals surface area contributed by atoms with E-state index in [0.717, 1.165) is 6.42 Å². The van der Waals surface area contributed by atoms with Crippen molar-refractivity contribution < 1.29 is 22.4 Å². The van der Waals surface area contributed by atoms with E-state index in [2.05, 4.69) is 5.32 Å². The molecule has 1 N–H and O–H groups in total. The Morgan fingerprint density at radius 1 is 1.35 bits per heavy atom. The van der Waals surface area contributed by atoms with E-state index in [-0.39, 0.29) is 36.4 Å². The zero-order valence-corrected chi connectivity index (χ0v) is 14.2. The predicted octanol–water partition coefficient (Wildman–Crippen LogP) is 0.607. The Bertz CT molecular complexity index is 666. The number of furan rings is 1. The summed E-state index contributed by atoms with van der Waals surface area (Å²) in [6, 6.07) is 0.873. The Kier molecular flexibility index (Phi) is 5.46. The minimum Gasteiger partial charge on any atom is -0.469 e. The first kappa shape index (κ1) is 17.5. The van der Waals surface area contributed by atoms with Crippen molar-refractivity contribution in [3.8, 4) is 0 Å². The number of amides is 2. The lowest BCUT2D eigenvalue weighted by Gasteiger charge is -2.29. The Morgan fingerprint density at radius 2 is 2.00 bits per heavy atom. The molecule has 1 fully saturated rings. The molecule has 0 radical (unpaired) electrons. The van der Waals surface area contributed by atoms with Gasteiger partial charge in [0.05, 0.1) is 23.3 Å². The number of nitrogens with zero attached hydrogens (tertiary/aromatic N) is 1. The van der Waals surface area contributed by atoms with Gasteiger partial charge in [-0.05, 0) is 19.4 Å². The van der Waals surface area contributed by atoms with Crippen LogP contribution in [0.3, 0.4) is 0 Å². The molecule has 2 heterocycles. The summed E-state index contributed by atoms with van der Waals surface area (Å²) in [7, 11) is -3.04. The quantitative estimate of drug-likeness (QED) is 0.845. The van der Waals surface area contributed by atoms with Crippen molar-refractivity contribution in [2.45, 2.75) is 32.7 Å². The van der Waals surface area contributed by atoms with Crippen molar-refractivity contribution in [3.05, 3.63) is 23.7 Å². The minimum absolute atomic E-state index is 0.0260. The van der Waals surface area contributed by atoms with Crippen molar-refractivity contribution in [1.29, 1.82) is 0 Å². The fraction of sp³-hybridized carbons (Fsp3) is 0.600. The predicted molar refractivity (Wildman–Crippen MR) is 84.9 cm³/mol. The van der Waals surface area contributed by atoms with Crippen molar-refractivity contribution in [1.82, 2.24) is 10.2 Å². The highest BCUT2D eigenvalue weighted by Crippen LogP contribution is 2.13. The average Bonchev–Trinajstić information content (AvgIpc) is 2.95. The molecule has 0 saturated carbocycles. The second kappa shape index (κ2) is 7.16. The van der Waals surface area contributed by atoms with Crippen molar-refractivity contribution in [2.24, 2.45) is 0 Å². The molecule has 0 unspecified atom stereocenters. The summed E-state index contributed by atoms with van der Waals surface area (Å²) in [5.74, 6) is -0.0704. The molecule has 2 rings (SSSR count). The van der Waals surface area contributed by atoms with Crippen molar-refractivity contribution >= 4 is 21.7 Å². The van der Waals surface area contributed by atoms with Gasteiger partial charge in [-0.25, -0.2) is 8.42 Å². The lowest BCUT2D eigenvalue weighted by Crippen LogP contribution is -2.51. The molecular weight excluding hydrogens is 320 g/mol. The topological polar surface area (TPSA) is 96.7 Å². The first-order valence-corrected chi connectivity index (χ1v) is 9.52. The van der Waals surface area contributed by atoms with Crippen molar-refractivity contribution in [3.63, 3.8) is 0 Å². The molecule has 1 aromatic heterocycles. The third-order valence-electron chi connectivity index (χ3n) is 3.84. The van der Waals surface area contributed by atoms with Crippen LogP contribution in [0.5, 0.6) is 0 Å². The average molecular weight is 342 g/mol. The maximum atomic E-state index is 12.3. The van der Waals surface area contributed by atoms with E-state index in [1.165, 1.54) is 11.2 Å². The van der Waals surface area contributed by atoms with Gasteiger partial charge in [-0.3, -0.25) is 9.59 Å². The number of hydrogen-bond acceptors (Lipinski definition) is 5. The molecule has 23 heavy (non-hydrogen) atoms. The van der Waals surface area contributed by atoms with Crippen molar-refractivity contribution in [2.75, 3.05) is 24.6 Å². The van der Waals surface area contributed by atoms with E-state index in [0.29, 0.717) is 17.7 Å². The highest BCUT2D eigenvalue weighted by molar-refractivity contribution is 7.91. The molecular formula is C15H22N2O5S. The Labute approximate surface area is 135 Å². The summed E-state index contributed by atoms with van der Waals surface area (Å²) >= 11 is 0. The van der Waals surface area contributed by atoms with Crippen LogP contribution >= 0.6 is 0 Å². The molecule has 1 aliphatic heterocycles. The third-order valence-corrected chi connectivity index (χ3v) is 5.45. The molecule has 0 aromatic carbocycles.